The number of hydrogen-bond donors (Lipinski definition) is 2. The maximum atomic E-state index is 12.1. The van der Waals surface area contributed by atoms with Crippen molar-refractivity contribution in [1.82, 2.24) is 10.2 Å². The second kappa shape index (κ2) is 6.41. The minimum absolute atomic E-state index is 0.241. The normalized spacial score (nSPS) is 15.3. The molecule has 0 atom stereocenters. The molecular formula is C15H22N4O. The number of anilines is 1. The standard InChI is InChI=1S/C15H22N4O/c1-11-7-6-8-12(2)13(11)17-15(20)18-14-16-9-4-5-10-19(14)3/h6-8H,4-5,9-10H2,1-3H3,(H2,16,17,18,20). The van der Waals surface area contributed by atoms with Crippen molar-refractivity contribution in [2.24, 2.45) is 4.99 Å². The van der Waals surface area contributed by atoms with E-state index in [2.05, 4.69) is 15.6 Å². The predicted octanol–water partition coefficient (Wildman–Crippen LogP) is 2.51. The Labute approximate surface area is 120 Å². The van der Waals surface area contributed by atoms with Gasteiger partial charge in [0.1, 0.15) is 0 Å². The minimum Gasteiger partial charge on any atom is -0.346 e. The molecule has 1 aliphatic heterocycles. The molecular weight excluding hydrogens is 252 g/mol. The molecule has 0 bridgehead atoms. The highest BCUT2D eigenvalue weighted by molar-refractivity contribution is 6.03. The second-order valence-corrected chi connectivity index (χ2v) is 5.18. The minimum atomic E-state index is -0.241. The summed E-state index contributed by atoms with van der Waals surface area (Å²) >= 11 is 0. The van der Waals surface area contributed by atoms with Crippen molar-refractivity contribution in [2.75, 3.05) is 25.5 Å². The molecule has 0 fully saturated rings. The van der Waals surface area contributed by atoms with Crippen LogP contribution in [0.25, 0.3) is 0 Å². The number of urea groups is 1. The Morgan fingerprint density at radius 1 is 1.20 bits per heavy atom. The summed E-state index contributed by atoms with van der Waals surface area (Å²) < 4.78 is 0. The van der Waals surface area contributed by atoms with Crippen molar-refractivity contribution in [3.05, 3.63) is 29.3 Å². The van der Waals surface area contributed by atoms with Crippen molar-refractivity contribution in [3.63, 3.8) is 0 Å². The lowest BCUT2D eigenvalue weighted by atomic mass is 10.1. The molecule has 0 aliphatic carbocycles. The Hall–Kier alpha value is -2.04. The van der Waals surface area contributed by atoms with E-state index in [1.807, 2.05) is 44.0 Å². The lowest BCUT2D eigenvalue weighted by Crippen LogP contribution is -2.44. The quantitative estimate of drug-likeness (QED) is 0.826. The summed E-state index contributed by atoms with van der Waals surface area (Å²) in [5.74, 6) is 0.645. The van der Waals surface area contributed by atoms with Gasteiger partial charge in [-0.15, -0.1) is 0 Å². The Bertz CT molecular complexity index is 504. The fourth-order valence-electron chi connectivity index (χ4n) is 2.27. The topological polar surface area (TPSA) is 56.7 Å². The number of rotatable bonds is 1. The predicted molar refractivity (Wildman–Crippen MR) is 82.2 cm³/mol. The van der Waals surface area contributed by atoms with Crippen LogP contribution < -0.4 is 10.6 Å². The first-order chi connectivity index (χ1) is 9.58. The number of carbonyl (C=O) groups is 1. The van der Waals surface area contributed by atoms with Gasteiger partial charge in [-0.05, 0) is 37.8 Å². The molecule has 0 spiro atoms. The summed E-state index contributed by atoms with van der Waals surface area (Å²) in [5, 5.41) is 5.75. The van der Waals surface area contributed by atoms with E-state index < -0.39 is 0 Å². The van der Waals surface area contributed by atoms with E-state index >= 15 is 0 Å². The van der Waals surface area contributed by atoms with Gasteiger partial charge in [-0.1, -0.05) is 18.2 Å². The molecule has 1 aromatic carbocycles. The zero-order chi connectivity index (χ0) is 14.5. The van der Waals surface area contributed by atoms with E-state index in [0.717, 1.165) is 42.7 Å². The van der Waals surface area contributed by atoms with E-state index in [1.54, 1.807) is 0 Å². The van der Waals surface area contributed by atoms with Gasteiger partial charge in [0.15, 0.2) is 0 Å². The molecule has 20 heavy (non-hydrogen) atoms. The number of nitrogens with zero attached hydrogens (tertiary/aromatic N) is 2. The van der Waals surface area contributed by atoms with Crippen molar-refractivity contribution in [2.45, 2.75) is 26.7 Å². The molecule has 0 radical (unpaired) electrons. The molecule has 5 nitrogen and oxygen atoms in total. The number of nitrogens with one attached hydrogen (secondary N) is 2. The third kappa shape index (κ3) is 3.50. The van der Waals surface area contributed by atoms with Gasteiger partial charge in [0.25, 0.3) is 0 Å². The maximum absolute atomic E-state index is 12.1. The summed E-state index contributed by atoms with van der Waals surface area (Å²) in [5.41, 5.74) is 2.97. The number of benzene rings is 1. The highest BCUT2D eigenvalue weighted by Crippen LogP contribution is 2.19. The third-order valence-electron chi connectivity index (χ3n) is 3.47. The number of amides is 2. The number of hydrogen-bond acceptors (Lipinski definition) is 3. The van der Waals surface area contributed by atoms with E-state index in [-0.39, 0.29) is 6.03 Å². The van der Waals surface area contributed by atoms with Gasteiger partial charge >= 0.3 is 6.03 Å². The third-order valence-corrected chi connectivity index (χ3v) is 3.47. The molecule has 5 heteroatoms. The van der Waals surface area contributed by atoms with E-state index in [1.165, 1.54) is 0 Å². The Kier molecular flexibility index (Phi) is 4.61. The van der Waals surface area contributed by atoms with Crippen molar-refractivity contribution < 1.29 is 4.79 Å². The van der Waals surface area contributed by atoms with E-state index in [4.69, 9.17) is 0 Å². The SMILES string of the molecule is Cc1cccc(C)c1NC(=O)NC1=NCCCCN1C. The monoisotopic (exact) mass is 274 g/mol. The Morgan fingerprint density at radius 3 is 2.60 bits per heavy atom. The van der Waals surface area contributed by atoms with Crippen molar-refractivity contribution in [1.29, 1.82) is 0 Å². The molecule has 1 aromatic rings. The first kappa shape index (κ1) is 14.4. The average molecular weight is 274 g/mol. The average Bonchev–Trinajstić information content (AvgIpc) is 2.60. The number of aliphatic imine (C=N–C) groups is 1. The Balaban J connectivity index is 2.04. The van der Waals surface area contributed by atoms with Gasteiger partial charge in [0, 0.05) is 25.8 Å². The van der Waals surface area contributed by atoms with Gasteiger partial charge in [0.2, 0.25) is 5.96 Å². The first-order valence-corrected chi connectivity index (χ1v) is 6.98. The van der Waals surface area contributed by atoms with Crippen molar-refractivity contribution >= 4 is 17.7 Å². The zero-order valence-electron chi connectivity index (χ0n) is 12.4. The van der Waals surface area contributed by atoms with Gasteiger partial charge in [-0.2, -0.15) is 0 Å². The van der Waals surface area contributed by atoms with Crippen LogP contribution >= 0.6 is 0 Å². The highest BCUT2D eigenvalue weighted by atomic mass is 16.2. The van der Waals surface area contributed by atoms with Gasteiger partial charge in [0.05, 0.1) is 0 Å². The largest absolute Gasteiger partial charge is 0.346 e. The lowest BCUT2D eigenvalue weighted by Gasteiger charge is -2.20. The second-order valence-electron chi connectivity index (χ2n) is 5.18. The maximum Gasteiger partial charge on any atom is 0.326 e. The first-order valence-electron chi connectivity index (χ1n) is 6.98. The van der Waals surface area contributed by atoms with Gasteiger partial charge in [-0.25, -0.2) is 4.79 Å². The summed E-state index contributed by atoms with van der Waals surface area (Å²) in [7, 11) is 1.95. The van der Waals surface area contributed by atoms with Crippen LogP contribution in [-0.2, 0) is 0 Å². The molecule has 0 unspecified atom stereocenters. The summed E-state index contributed by atoms with van der Waals surface area (Å²) in [6, 6.07) is 5.71. The van der Waals surface area contributed by atoms with Crippen molar-refractivity contribution in [3.8, 4) is 0 Å². The number of aryl methyl sites for hydroxylation is 2. The van der Waals surface area contributed by atoms with Crippen LogP contribution in [0.5, 0.6) is 0 Å². The molecule has 0 aromatic heterocycles. The number of guanidine groups is 1. The van der Waals surface area contributed by atoms with E-state index in [9.17, 15) is 4.79 Å². The summed E-state index contributed by atoms with van der Waals surface area (Å²) in [6.45, 7) is 5.65. The van der Waals surface area contributed by atoms with Crippen LogP contribution in [0.1, 0.15) is 24.0 Å². The molecule has 0 saturated heterocycles. The van der Waals surface area contributed by atoms with E-state index in [0.29, 0.717) is 5.96 Å². The van der Waals surface area contributed by atoms with Crippen LogP contribution in [-0.4, -0.2) is 37.0 Å². The van der Waals surface area contributed by atoms with Crippen LogP contribution in [0.4, 0.5) is 10.5 Å². The van der Waals surface area contributed by atoms with Gasteiger partial charge in [-0.3, -0.25) is 10.3 Å². The molecule has 2 amide bonds. The van der Waals surface area contributed by atoms with Crippen LogP contribution in [0.15, 0.2) is 23.2 Å². The number of para-hydroxylation sites is 1. The Morgan fingerprint density at radius 2 is 1.90 bits per heavy atom. The smallest absolute Gasteiger partial charge is 0.326 e. The van der Waals surface area contributed by atoms with Crippen LogP contribution in [0, 0.1) is 13.8 Å². The molecule has 108 valence electrons. The molecule has 1 aliphatic rings. The molecule has 2 rings (SSSR count). The van der Waals surface area contributed by atoms with Crippen LogP contribution in [0.2, 0.25) is 0 Å². The van der Waals surface area contributed by atoms with Crippen LogP contribution in [0.3, 0.4) is 0 Å². The zero-order valence-corrected chi connectivity index (χ0v) is 12.4. The lowest BCUT2D eigenvalue weighted by molar-refractivity contribution is 0.255. The molecule has 2 N–H and O–H groups in total. The van der Waals surface area contributed by atoms with Gasteiger partial charge < -0.3 is 10.2 Å². The fraction of sp³-hybridized carbons (Fsp3) is 0.467. The fourth-order valence-corrected chi connectivity index (χ4v) is 2.27. The highest BCUT2D eigenvalue weighted by Gasteiger charge is 2.14. The summed E-state index contributed by atoms with van der Waals surface area (Å²) in [6.07, 6.45) is 2.16. The number of carbonyl (C=O) groups excluding carboxylic acids is 1. The summed E-state index contributed by atoms with van der Waals surface area (Å²) in [4.78, 5) is 18.5. The molecule has 1 heterocycles. The molecule has 0 saturated carbocycles.